The first-order chi connectivity index (χ1) is 9.10. The molecular formula is C16H24N2O. The summed E-state index contributed by atoms with van der Waals surface area (Å²) in [6.07, 6.45) is 3.14. The lowest BCUT2D eigenvalue weighted by atomic mass is 9.80. The average Bonchev–Trinajstić information content (AvgIpc) is 2.39. The molecule has 1 saturated heterocycles. The lowest BCUT2D eigenvalue weighted by Gasteiger charge is -2.47. The molecule has 2 aliphatic rings. The molecule has 1 spiro atoms. The Morgan fingerprint density at radius 1 is 1.26 bits per heavy atom. The molecule has 0 bridgehead atoms. The van der Waals surface area contributed by atoms with Gasteiger partial charge >= 0.3 is 0 Å². The van der Waals surface area contributed by atoms with Crippen molar-refractivity contribution in [1.82, 2.24) is 4.90 Å². The van der Waals surface area contributed by atoms with E-state index in [1.54, 1.807) is 0 Å². The highest BCUT2D eigenvalue weighted by atomic mass is 16.5. The number of hydrogen-bond donors (Lipinski definition) is 1. The zero-order valence-electron chi connectivity index (χ0n) is 11.9. The molecule has 104 valence electrons. The van der Waals surface area contributed by atoms with Gasteiger partial charge in [-0.2, -0.15) is 0 Å². The van der Waals surface area contributed by atoms with Gasteiger partial charge in [0.15, 0.2) is 0 Å². The summed E-state index contributed by atoms with van der Waals surface area (Å²) >= 11 is 0. The number of nitrogens with zero attached hydrogens (tertiary/aromatic N) is 1. The Morgan fingerprint density at radius 2 is 1.95 bits per heavy atom. The van der Waals surface area contributed by atoms with Crippen LogP contribution in [0.3, 0.4) is 0 Å². The van der Waals surface area contributed by atoms with E-state index in [9.17, 15) is 0 Å². The third-order valence-corrected chi connectivity index (χ3v) is 4.68. The minimum atomic E-state index is -0.0286. The fourth-order valence-corrected chi connectivity index (χ4v) is 3.42. The van der Waals surface area contributed by atoms with Gasteiger partial charge < -0.3 is 15.4 Å². The van der Waals surface area contributed by atoms with E-state index in [4.69, 9.17) is 10.5 Å². The first-order valence-electron chi connectivity index (χ1n) is 7.37. The van der Waals surface area contributed by atoms with Crippen LogP contribution in [0.2, 0.25) is 0 Å². The molecule has 3 nitrogen and oxygen atoms in total. The van der Waals surface area contributed by atoms with Gasteiger partial charge in [-0.15, -0.1) is 0 Å². The van der Waals surface area contributed by atoms with Gasteiger partial charge in [0, 0.05) is 37.2 Å². The number of likely N-dealkylation sites (tertiary alicyclic amines) is 1. The van der Waals surface area contributed by atoms with Crippen molar-refractivity contribution in [1.29, 1.82) is 0 Å². The molecule has 1 atom stereocenters. The van der Waals surface area contributed by atoms with Crippen LogP contribution in [0.25, 0.3) is 0 Å². The predicted octanol–water partition coefficient (Wildman–Crippen LogP) is 2.71. The van der Waals surface area contributed by atoms with Crippen LogP contribution in [-0.2, 0) is 0 Å². The molecule has 2 N–H and O–H groups in total. The molecular weight excluding hydrogens is 236 g/mol. The molecule has 0 aliphatic carbocycles. The van der Waals surface area contributed by atoms with Gasteiger partial charge in [-0.1, -0.05) is 18.2 Å². The zero-order chi connectivity index (χ0) is 13.5. The largest absolute Gasteiger partial charge is 0.487 e. The van der Waals surface area contributed by atoms with Crippen molar-refractivity contribution >= 4 is 0 Å². The summed E-state index contributed by atoms with van der Waals surface area (Å²) in [5, 5.41) is 0. The van der Waals surface area contributed by atoms with Crippen molar-refractivity contribution in [3.63, 3.8) is 0 Å². The number of ether oxygens (including phenoxy) is 1. The Morgan fingerprint density at radius 3 is 2.63 bits per heavy atom. The van der Waals surface area contributed by atoms with Crippen LogP contribution in [0.15, 0.2) is 24.3 Å². The number of hydrogen-bond acceptors (Lipinski definition) is 3. The number of piperidine rings is 1. The number of benzene rings is 1. The molecule has 0 amide bonds. The van der Waals surface area contributed by atoms with E-state index >= 15 is 0 Å². The van der Waals surface area contributed by atoms with E-state index in [1.807, 2.05) is 12.1 Å². The maximum Gasteiger partial charge on any atom is 0.124 e. The minimum Gasteiger partial charge on any atom is -0.487 e. The van der Waals surface area contributed by atoms with Crippen LogP contribution in [0, 0.1) is 0 Å². The summed E-state index contributed by atoms with van der Waals surface area (Å²) in [5.41, 5.74) is 7.49. The first kappa shape index (κ1) is 12.9. The Kier molecular flexibility index (Phi) is 3.27. The number of fused-ring (bicyclic) bond motifs is 1. The Labute approximate surface area is 115 Å². The maximum absolute atomic E-state index is 6.35. The molecule has 0 radical (unpaired) electrons. The predicted molar refractivity (Wildman–Crippen MR) is 77.3 cm³/mol. The van der Waals surface area contributed by atoms with E-state index in [1.165, 1.54) is 5.56 Å². The van der Waals surface area contributed by atoms with Crippen molar-refractivity contribution in [2.24, 2.45) is 5.73 Å². The average molecular weight is 260 g/mol. The normalized spacial score (nSPS) is 26.2. The van der Waals surface area contributed by atoms with Crippen LogP contribution in [-0.4, -0.2) is 29.6 Å². The van der Waals surface area contributed by atoms with E-state index in [0.717, 1.165) is 38.1 Å². The second kappa shape index (κ2) is 4.80. The van der Waals surface area contributed by atoms with Crippen molar-refractivity contribution in [2.75, 3.05) is 13.1 Å². The van der Waals surface area contributed by atoms with Crippen LogP contribution >= 0.6 is 0 Å². The highest BCUT2D eigenvalue weighted by molar-refractivity contribution is 5.38. The molecule has 3 heteroatoms. The topological polar surface area (TPSA) is 38.5 Å². The van der Waals surface area contributed by atoms with Gasteiger partial charge in [0.05, 0.1) is 0 Å². The molecule has 0 saturated carbocycles. The number of para-hydroxylation sites is 1. The number of nitrogens with two attached hydrogens (primary N) is 1. The van der Waals surface area contributed by atoms with Gasteiger partial charge in [0.25, 0.3) is 0 Å². The summed E-state index contributed by atoms with van der Waals surface area (Å²) < 4.78 is 6.35. The fraction of sp³-hybridized carbons (Fsp3) is 0.625. The molecule has 1 aromatic carbocycles. The number of rotatable bonds is 1. The summed E-state index contributed by atoms with van der Waals surface area (Å²) in [6, 6.07) is 8.98. The lowest BCUT2D eigenvalue weighted by Crippen LogP contribution is -2.52. The van der Waals surface area contributed by atoms with E-state index in [2.05, 4.69) is 30.9 Å². The quantitative estimate of drug-likeness (QED) is 0.843. The molecule has 2 heterocycles. The first-order valence-corrected chi connectivity index (χ1v) is 7.37. The monoisotopic (exact) mass is 260 g/mol. The lowest BCUT2D eigenvalue weighted by molar-refractivity contribution is -0.0278. The molecule has 19 heavy (non-hydrogen) atoms. The van der Waals surface area contributed by atoms with Crippen LogP contribution in [0.5, 0.6) is 5.75 Å². The SMILES string of the molecule is CC(C)N1CCC2(CC1)CC(N)c1ccccc1O2. The van der Waals surface area contributed by atoms with E-state index in [0.29, 0.717) is 6.04 Å². The van der Waals surface area contributed by atoms with E-state index < -0.39 is 0 Å². The van der Waals surface area contributed by atoms with Gasteiger partial charge in [0.1, 0.15) is 11.4 Å². The Hall–Kier alpha value is -1.06. The van der Waals surface area contributed by atoms with Gasteiger partial charge in [-0.05, 0) is 32.8 Å². The van der Waals surface area contributed by atoms with Crippen LogP contribution in [0.4, 0.5) is 0 Å². The van der Waals surface area contributed by atoms with Crippen molar-refractivity contribution in [3.05, 3.63) is 29.8 Å². The minimum absolute atomic E-state index is 0.0286. The highest BCUT2D eigenvalue weighted by Gasteiger charge is 2.42. The van der Waals surface area contributed by atoms with Gasteiger partial charge in [-0.3, -0.25) is 0 Å². The third kappa shape index (κ3) is 2.37. The molecule has 1 unspecified atom stereocenters. The zero-order valence-corrected chi connectivity index (χ0v) is 11.9. The summed E-state index contributed by atoms with van der Waals surface area (Å²) in [7, 11) is 0. The van der Waals surface area contributed by atoms with E-state index in [-0.39, 0.29) is 11.6 Å². The third-order valence-electron chi connectivity index (χ3n) is 4.68. The molecule has 1 fully saturated rings. The Bertz CT molecular complexity index is 450. The van der Waals surface area contributed by atoms with Crippen molar-refractivity contribution in [2.45, 2.75) is 50.8 Å². The van der Waals surface area contributed by atoms with Crippen molar-refractivity contribution in [3.8, 4) is 5.75 Å². The van der Waals surface area contributed by atoms with Crippen LogP contribution < -0.4 is 10.5 Å². The van der Waals surface area contributed by atoms with Gasteiger partial charge in [0.2, 0.25) is 0 Å². The molecule has 3 rings (SSSR count). The maximum atomic E-state index is 6.35. The summed E-state index contributed by atoms with van der Waals surface area (Å²) in [5.74, 6) is 0.999. The fourth-order valence-electron chi connectivity index (χ4n) is 3.42. The second-order valence-corrected chi connectivity index (χ2v) is 6.26. The summed E-state index contributed by atoms with van der Waals surface area (Å²) in [4.78, 5) is 2.53. The smallest absolute Gasteiger partial charge is 0.124 e. The Balaban J connectivity index is 1.78. The highest BCUT2D eigenvalue weighted by Crippen LogP contribution is 2.43. The summed E-state index contributed by atoms with van der Waals surface area (Å²) in [6.45, 7) is 6.76. The molecule has 1 aromatic rings. The second-order valence-electron chi connectivity index (χ2n) is 6.26. The van der Waals surface area contributed by atoms with Gasteiger partial charge in [-0.25, -0.2) is 0 Å². The van der Waals surface area contributed by atoms with Crippen LogP contribution in [0.1, 0.15) is 44.7 Å². The van der Waals surface area contributed by atoms with Crippen molar-refractivity contribution < 1.29 is 4.74 Å². The molecule has 2 aliphatic heterocycles. The molecule has 0 aromatic heterocycles. The standard InChI is InChI=1S/C16H24N2O/c1-12(2)18-9-7-16(8-10-18)11-14(17)13-5-3-4-6-15(13)19-16/h3-6,12,14H,7-11,17H2,1-2H3.